The van der Waals surface area contributed by atoms with E-state index in [-0.39, 0.29) is 0 Å². The minimum atomic E-state index is 0.828. The van der Waals surface area contributed by atoms with Crippen molar-refractivity contribution in [3.63, 3.8) is 0 Å². The normalized spacial score (nSPS) is 14.2. The Morgan fingerprint density at radius 3 is 3.17 bits per heavy atom. The molecule has 1 aromatic rings. The van der Waals surface area contributed by atoms with E-state index in [0.717, 1.165) is 30.9 Å². The minimum Gasteiger partial charge on any atom is -0.491 e. The number of aromatic nitrogens is 1. The van der Waals surface area contributed by atoms with E-state index in [2.05, 4.69) is 11.9 Å². The van der Waals surface area contributed by atoms with Gasteiger partial charge >= 0.3 is 0 Å². The number of fused-ring (bicyclic) bond motifs is 1. The van der Waals surface area contributed by atoms with Gasteiger partial charge in [0.15, 0.2) is 0 Å². The summed E-state index contributed by atoms with van der Waals surface area (Å²) in [6.45, 7) is 4.99. The third-order valence-corrected chi connectivity index (χ3v) is 2.38. The van der Waals surface area contributed by atoms with E-state index in [1.807, 2.05) is 13.1 Å². The van der Waals surface area contributed by atoms with Gasteiger partial charge in [-0.05, 0) is 18.9 Å². The molecule has 2 heterocycles. The Balaban J connectivity index is 2.57. The van der Waals surface area contributed by atoms with E-state index >= 15 is 0 Å². The number of hydrogen-bond acceptors (Lipinski definition) is 2. The fourth-order valence-corrected chi connectivity index (χ4v) is 1.70. The molecule has 2 nitrogen and oxygen atoms in total. The smallest absolute Gasteiger partial charge is 0.144 e. The van der Waals surface area contributed by atoms with Crippen LogP contribution in [-0.4, -0.2) is 11.6 Å². The number of nitrogens with zero attached hydrogens (tertiary/aromatic N) is 1. The lowest BCUT2D eigenvalue weighted by molar-refractivity contribution is 0.353. The van der Waals surface area contributed by atoms with Gasteiger partial charge in [-0.1, -0.05) is 6.92 Å². The first-order valence-electron chi connectivity index (χ1n) is 4.43. The molecule has 0 fully saturated rings. The monoisotopic (exact) mass is 163 g/mol. The quantitative estimate of drug-likeness (QED) is 0.630. The van der Waals surface area contributed by atoms with Crippen molar-refractivity contribution in [2.24, 2.45) is 0 Å². The Bertz CT molecular complexity index is 307. The molecule has 2 rings (SSSR count). The van der Waals surface area contributed by atoms with Crippen molar-refractivity contribution in [1.29, 1.82) is 0 Å². The fourth-order valence-electron chi connectivity index (χ4n) is 1.70. The molecule has 12 heavy (non-hydrogen) atoms. The van der Waals surface area contributed by atoms with E-state index < -0.39 is 0 Å². The van der Waals surface area contributed by atoms with Crippen molar-refractivity contribution < 1.29 is 4.74 Å². The lowest BCUT2D eigenvalue weighted by Gasteiger charge is -2.05. The van der Waals surface area contributed by atoms with E-state index in [9.17, 15) is 0 Å². The molecule has 1 aliphatic heterocycles. The summed E-state index contributed by atoms with van der Waals surface area (Å²) in [7, 11) is 0. The molecule has 1 aromatic heterocycles. The molecular formula is C10H13NO. The summed E-state index contributed by atoms with van der Waals surface area (Å²) >= 11 is 0. The average molecular weight is 163 g/mol. The van der Waals surface area contributed by atoms with Crippen molar-refractivity contribution in [3.8, 4) is 5.75 Å². The number of aryl methyl sites for hydroxylation is 2. The Kier molecular flexibility index (Phi) is 1.75. The highest BCUT2D eigenvalue weighted by atomic mass is 16.5. The average Bonchev–Trinajstić information content (AvgIpc) is 2.54. The van der Waals surface area contributed by atoms with Crippen LogP contribution >= 0.6 is 0 Å². The highest BCUT2D eigenvalue weighted by Gasteiger charge is 2.17. The molecule has 0 spiro atoms. The molecule has 64 valence electrons. The number of hydrogen-bond donors (Lipinski definition) is 0. The van der Waals surface area contributed by atoms with Crippen LogP contribution in [0.15, 0.2) is 6.20 Å². The van der Waals surface area contributed by atoms with Crippen LogP contribution in [0.4, 0.5) is 0 Å². The predicted octanol–water partition coefficient (Wildman–Crippen LogP) is 1.89. The molecule has 1 aliphatic rings. The summed E-state index contributed by atoms with van der Waals surface area (Å²) in [5.74, 6) is 1.04. The molecule has 0 radical (unpaired) electrons. The van der Waals surface area contributed by atoms with Crippen LogP contribution < -0.4 is 4.74 Å². The molecule has 0 atom stereocenters. The van der Waals surface area contributed by atoms with Crippen LogP contribution in [0.3, 0.4) is 0 Å². The van der Waals surface area contributed by atoms with Crippen LogP contribution in [0.25, 0.3) is 0 Å². The third kappa shape index (κ3) is 0.986. The second-order valence-corrected chi connectivity index (χ2v) is 3.13. The maximum atomic E-state index is 5.51. The molecule has 0 saturated heterocycles. The van der Waals surface area contributed by atoms with Crippen molar-refractivity contribution in [2.45, 2.75) is 26.7 Å². The molecule has 0 aliphatic carbocycles. The van der Waals surface area contributed by atoms with Gasteiger partial charge in [0.2, 0.25) is 0 Å². The minimum absolute atomic E-state index is 0.828. The Hall–Kier alpha value is -1.05. The lowest BCUT2D eigenvalue weighted by atomic mass is 10.0. The zero-order valence-electron chi connectivity index (χ0n) is 7.55. The van der Waals surface area contributed by atoms with Crippen LogP contribution in [0.5, 0.6) is 5.75 Å². The van der Waals surface area contributed by atoms with Crippen LogP contribution in [0.1, 0.15) is 23.7 Å². The first kappa shape index (κ1) is 7.59. The highest BCUT2D eigenvalue weighted by Crippen LogP contribution is 2.30. The van der Waals surface area contributed by atoms with E-state index in [1.54, 1.807) is 0 Å². The van der Waals surface area contributed by atoms with Gasteiger partial charge in [0, 0.05) is 18.2 Å². The highest BCUT2D eigenvalue weighted by molar-refractivity contribution is 5.44. The van der Waals surface area contributed by atoms with Gasteiger partial charge in [-0.25, -0.2) is 0 Å². The largest absolute Gasteiger partial charge is 0.491 e. The summed E-state index contributed by atoms with van der Waals surface area (Å²) < 4.78 is 5.51. The summed E-state index contributed by atoms with van der Waals surface area (Å²) in [5, 5.41) is 0. The molecule has 0 bridgehead atoms. The molecule has 0 unspecified atom stereocenters. The first-order chi connectivity index (χ1) is 5.83. The van der Waals surface area contributed by atoms with Gasteiger partial charge in [0.05, 0.1) is 12.3 Å². The van der Waals surface area contributed by atoms with Gasteiger partial charge in [-0.3, -0.25) is 4.98 Å². The van der Waals surface area contributed by atoms with Gasteiger partial charge in [0.25, 0.3) is 0 Å². The Morgan fingerprint density at radius 1 is 1.58 bits per heavy atom. The lowest BCUT2D eigenvalue weighted by Crippen LogP contribution is -1.93. The van der Waals surface area contributed by atoms with Crippen LogP contribution in [-0.2, 0) is 12.8 Å². The molecule has 0 saturated carbocycles. The van der Waals surface area contributed by atoms with Crippen LogP contribution in [0, 0.1) is 6.92 Å². The van der Waals surface area contributed by atoms with Crippen molar-refractivity contribution in [2.75, 3.05) is 6.61 Å². The summed E-state index contributed by atoms with van der Waals surface area (Å²) in [6.07, 6.45) is 4.09. The molecular weight excluding hydrogens is 150 g/mol. The van der Waals surface area contributed by atoms with Crippen molar-refractivity contribution >= 4 is 0 Å². The second kappa shape index (κ2) is 2.77. The zero-order chi connectivity index (χ0) is 8.55. The fraction of sp³-hybridized carbons (Fsp3) is 0.500. The maximum Gasteiger partial charge on any atom is 0.144 e. The third-order valence-electron chi connectivity index (χ3n) is 2.38. The van der Waals surface area contributed by atoms with E-state index in [1.165, 1.54) is 11.1 Å². The number of ether oxygens (including phenoxy) is 1. The molecule has 0 aromatic carbocycles. The maximum absolute atomic E-state index is 5.51. The Morgan fingerprint density at radius 2 is 2.42 bits per heavy atom. The number of rotatable bonds is 1. The van der Waals surface area contributed by atoms with Gasteiger partial charge in [-0.2, -0.15) is 0 Å². The van der Waals surface area contributed by atoms with Gasteiger partial charge in [-0.15, -0.1) is 0 Å². The Labute approximate surface area is 72.6 Å². The topological polar surface area (TPSA) is 22.1 Å². The zero-order valence-corrected chi connectivity index (χ0v) is 7.55. The summed E-state index contributed by atoms with van der Waals surface area (Å²) in [6, 6.07) is 0. The van der Waals surface area contributed by atoms with E-state index in [4.69, 9.17) is 4.74 Å². The first-order valence-corrected chi connectivity index (χ1v) is 4.43. The van der Waals surface area contributed by atoms with Gasteiger partial charge < -0.3 is 4.74 Å². The van der Waals surface area contributed by atoms with Crippen molar-refractivity contribution in [3.05, 3.63) is 23.0 Å². The molecule has 2 heteroatoms. The standard InChI is InChI=1S/C10H13NO/c1-3-8-6-11-7(2)10-9(8)4-5-12-10/h6H,3-5H2,1-2H3. The number of pyridine rings is 1. The van der Waals surface area contributed by atoms with Crippen LogP contribution in [0.2, 0.25) is 0 Å². The predicted molar refractivity (Wildman–Crippen MR) is 47.6 cm³/mol. The molecule has 0 N–H and O–H groups in total. The van der Waals surface area contributed by atoms with E-state index in [0.29, 0.717) is 0 Å². The van der Waals surface area contributed by atoms with Gasteiger partial charge in [0.1, 0.15) is 5.75 Å². The van der Waals surface area contributed by atoms with Crippen molar-refractivity contribution in [1.82, 2.24) is 4.98 Å². The summed E-state index contributed by atoms with van der Waals surface area (Å²) in [4.78, 5) is 4.30. The summed E-state index contributed by atoms with van der Waals surface area (Å²) in [5.41, 5.74) is 3.75. The second-order valence-electron chi connectivity index (χ2n) is 3.13. The SMILES string of the molecule is CCc1cnc(C)c2c1CCO2. The molecule has 0 amide bonds.